The molecule has 0 saturated carbocycles. The number of benzene rings is 1. The number of aromatic nitrogens is 1. The van der Waals surface area contributed by atoms with Crippen molar-refractivity contribution in [3.8, 4) is 0 Å². The zero-order valence-corrected chi connectivity index (χ0v) is 12.6. The number of nitrogens with zero attached hydrogens (tertiary/aromatic N) is 2. The van der Waals surface area contributed by atoms with E-state index in [4.69, 9.17) is 5.84 Å². The number of aryl methyl sites for hydroxylation is 2. The van der Waals surface area contributed by atoms with E-state index in [1.807, 2.05) is 13.1 Å². The smallest absolute Gasteiger partial charge is 0.266 e. The summed E-state index contributed by atoms with van der Waals surface area (Å²) >= 11 is 0. The molecule has 2 rings (SSSR count). The highest BCUT2D eigenvalue weighted by molar-refractivity contribution is 5.93. The van der Waals surface area contributed by atoms with Crippen molar-refractivity contribution < 1.29 is 4.79 Å². The predicted molar refractivity (Wildman–Crippen MR) is 83.9 cm³/mol. The van der Waals surface area contributed by atoms with Crippen molar-refractivity contribution in [2.24, 2.45) is 5.84 Å². The molecule has 1 amide bonds. The first-order chi connectivity index (χ1) is 9.99. The second kappa shape index (κ2) is 6.37. The van der Waals surface area contributed by atoms with E-state index in [1.54, 1.807) is 6.07 Å². The minimum Gasteiger partial charge on any atom is -0.369 e. The van der Waals surface area contributed by atoms with Crippen molar-refractivity contribution >= 4 is 11.6 Å². The number of rotatable bonds is 4. The molecule has 0 aliphatic heterocycles. The average Bonchev–Trinajstić information content (AvgIpc) is 2.46. The zero-order valence-electron chi connectivity index (χ0n) is 12.6. The fourth-order valence-electron chi connectivity index (χ4n) is 2.24. The van der Waals surface area contributed by atoms with Crippen LogP contribution in [0.1, 0.15) is 27.2 Å². The van der Waals surface area contributed by atoms with Crippen LogP contribution in [0.3, 0.4) is 0 Å². The van der Waals surface area contributed by atoms with Crippen molar-refractivity contribution in [1.29, 1.82) is 0 Å². The lowest BCUT2D eigenvalue weighted by Gasteiger charge is -2.20. The van der Waals surface area contributed by atoms with Gasteiger partial charge < -0.3 is 4.90 Å². The summed E-state index contributed by atoms with van der Waals surface area (Å²) in [5.74, 6) is 4.76. The maximum Gasteiger partial charge on any atom is 0.266 e. The highest BCUT2D eigenvalue weighted by Crippen LogP contribution is 2.19. The second-order valence-corrected chi connectivity index (χ2v) is 5.21. The summed E-state index contributed by atoms with van der Waals surface area (Å²) in [5, 5.41) is 0. The van der Waals surface area contributed by atoms with E-state index < -0.39 is 0 Å². The minimum atomic E-state index is -0.336. The van der Waals surface area contributed by atoms with Crippen molar-refractivity contribution in [2.45, 2.75) is 20.4 Å². The molecule has 5 nitrogen and oxygen atoms in total. The Hall–Kier alpha value is -2.40. The fourth-order valence-corrected chi connectivity index (χ4v) is 2.24. The maximum atomic E-state index is 11.4. The molecule has 1 heterocycles. The number of carbonyl (C=O) groups is 1. The van der Waals surface area contributed by atoms with Gasteiger partial charge in [-0.2, -0.15) is 0 Å². The third kappa shape index (κ3) is 3.79. The fraction of sp³-hybridized carbons (Fsp3) is 0.250. The lowest BCUT2D eigenvalue weighted by molar-refractivity contribution is 0.0953. The molecule has 1 aromatic carbocycles. The largest absolute Gasteiger partial charge is 0.369 e. The van der Waals surface area contributed by atoms with E-state index in [2.05, 4.69) is 47.4 Å². The molecule has 0 bridgehead atoms. The van der Waals surface area contributed by atoms with Crippen LogP contribution in [0.5, 0.6) is 0 Å². The number of hydrogen-bond donors (Lipinski definition) is 2. The highest BCUT2D eigenvalue weighted by atomic mass is 16.2. The van der Waals surface area contributed by atoms with Crippen LogP contribution < -0.4 is 16.2 Å². The predicted octanol–water partition coefficient (Wildman–Crippen LogP) is 1.94. The number of anilines is 1. The zero-order chi connectivity index (χ0) is 15.4. The topological polar surface area (TPSA) is 71.2 Å². The number of hydrogen-bond acceptors (Lipinski definition) is 4. The normalized spacial score (nSPS) is 10.3. The average molecular weight is 284 g/mol. The van der Waals surface area contributed by atoms with E-state index >= 15 is 0 Å². The first-order valence-electron chi connectivity index (χ1n) is 6.75. The van der Waals surface area contributed by atoms with Gasteiger partial charge in [-0.15, -0.1) is 0 Å². The number of hydrazine groups is 1. The van der Waals surface area contributed by atoms with Gasteiger partial charge in [-0.1, -0.05) is 6.07 Å². The van der Waals surface area contributed by atoms with E-state index in [-0.39, 0.29) is 5.91 Å². The Bertz CT molecular complexity index is 617. The minimum absolute atomic E-state index is 0.336. The number of nitrogens with one attached hydrogen (secondary N) is 1. The van der Waals surface area contributed by atoms with Gasteiger partial charge in [0.05, 0.1) is 17.8 Å². The molecule has 21 heavy (non-hydrogen) atoms. The Balaban J connectivity index is 2.12. The molecule has 0 aliphatic rings. The number of nitrogen functional groups attached to an aromatic ring is 1. The van der Waals surface area contributed by atoms with E-state index in [1.165, 1.54) is 17.3 Å². The Kier molecular flexibility index (Phi) is 4.55. The van der Waals surface area contributed by atoms with Crippen LogP contribution in [0.2, 0.25) is 0 Å². The molecule has 2 aromatic rings. The number of nitrogens with two attached hydrogens (primary N) is 1. The number of carbonyl (C=O) groups excluding carboxylic acids is 1. The monoisotopic (exact) mass is 284 g/mol. The maximum absolute atomic E-state index is 11.4. The van der Waals surface area contributed by atoms with Crippen molar-refractivity contribution in [3.63, 3.8) is 0 Å². The Morgan fingerprint density at radius 2 is 1.90 bits per heavy atom. The second-order valence-electron chi connectivity index (χ2n) is 5.21. The van der Waals surface area contributed by atoms with Crippen LogP contribution in [0.4, 0.5) is 5.69 Å². The van der Waals surface area contributed by atoms with Crippen LogP contribution in [0.25, 0.3) is 0 Å². The molecule has 3 N–H and O–H groups in total. The summed E-state index contributed by atoms with van der Waals surface area (Å²) in [6, 6.07) is 9.99. The quantitative estimate of drug-likeness (QED) is 0.511. The molecule has 110 valence electrons. The van der Waals surface area contributed by atoms with Gasteiger partial charge in [-0.05, 0) is 49.2 Å². The molecule has 1 aromatic heterocycles. The molecule has 0 atom stereocenters. The lowest BCUT2D eigenvalue weighted by Crippen LogP contribution is -2.30. The lowest BCUT2D eigenvalue weighted by atomic mass is 10.1. The molecule has 0 unspecified atom stereocenters. The molecule has 0 fully saturated rings. The van der Waals surface area contributed by atoms with Gasteiger partial charge in [0, 0.05) is 18.9 Å². The van der Waals surface area contributed by atoms with Crippen molar-refractivity contribution in [3.05, 3.63) is 58.9 Å². The van der Waals surface area contributed by atoms with Gasteiger partial charge in [0.15, 0.2) is 0 Å². The summed E-state index contributed by atoms with van der Waals surface area (Å²) in [6.45, 7) is 4.85. The van der Waals surface area contributed by atoms with Crippen LogP contribution in [-0.4, -0.2) is 17.9 Å². The summed E-state index contributed by atoms with van der Waals surface area (Å²) in [4.78, 5) is 17.8. The first kappa shape index (κ1) is 15.0. The van der Waals surface area contributed by atoms with Gasteiger partial charge >= 0.3 is 0 Å². The third-order valence-electron chi connectivity index (χ3n) is 3.26. The van der Waals surface area contributed by atoms with Gasteiger partial charge in [0.2, 0.25) is 0 Å². The molecule has 0 aliphatic carbocycles. The molecule has 0 radical (unpaired) electrons. The first-order valence-corrected chi connectivity index (χ1v) is 6.75. The van der Waals surface area contributed by atoms with Gasteiger partial charge in [0.25, 0.3) is 5.91 Å². The van der Waals surface area contributed by atoms with Crippen molar-refractivity contribution in [2.75, 3.05) is 11.9 Å². The molecular weight excluding hydrogens is 264 g/mol. The van der Waals surface area contributed by atoms with Gasteiger partial charge in [-0.3, -0.25) is 15.2 Å². The number of pyridine rings is 1. The van der Waals surface area contributed by atoms with Crippen LogP contribution >= 0.6 is 0 Å². The molecular formula is C16H20N4O. The summed E-state index contributed by atoms with van der Waals surface area (Å²) in [7, 11) is 2.02. The van der Waals surface area contributed by atoms with E-state index in [0.717, 1.165) is 11.4 Å². The highest BCUT2D eigenvalue weighted by Gasteiger charge is 2.07. The number of amides is 1. The van der Waals surface area contributed by atoms with Gasteiger partial charge in [0.1, 0.15) is 0 Å². The Morgan fingerprint density at radius 1 is 1.24 bits per heavy atom. The third-order valence-corrected chi connectivity index (χ3v) is 3.26. The van der Waals surface area contributed by atoms with Crippen LogP contribution in [0.15, 0.2) is 36.5 Å². The summed E-state index contributed by atoms with van der Waals surface area (Å²) in [5.41, 5.74) is 7.06. The molecule has 0 saturated heterocycles. The van der Waals surface area contributed by atoms with Crippen molar-refractivity contribution in [1.82, 2.24) is 10.4 Å². The standard InChI is InChI=1S/C16H20N4O/c1-11-6-12(2)8-15(7-11)20(3)10-14-5-4-13(9-18-14)16(21)19-17/h4-9H,10,17H2,1-3H3,(H,19,21). The van der Waals surface area contributed by atoms with Crippen LogP contribution in [0, 0.1) is 13.8 Å². The Morgan fingerprint density at radius 3 is 2.43 bits per heavy atom. The SMILES string of the molecule is Cc1cc(C)cc(N(C)Cc2ccc(C(=O)NN)cn2)c1. The molecule has 0 spiro atoms. The van der Waals surface area contributed by atoms with Crippen LogP contribution in [-0.2, 0) is 6.54 Å². The summed E-state index contributed by atoms with van der Waals surface area (Å²) < 4.78 is 0. The Labute approximate surface area is 124 Å². The summed E-state index contributed by atoms with van der Waals surface area (Å²) in [6.07, 6.45) is 1.53. The van der Waals surface area contributed by atoms with E-state index in [0.29, 0.717) is 12.1 Å². The van der Waals surface area contributed by atoms with Gasteiger partial charge in [-0.25, -0.2) is 5.84 Å². The van der Waals surface area contributed by atoms with E-state index in [9.17, 15) is 4.79 Å². The molecule has 5 heteroatoms.